The van der Waals surface area contributed by atoms with E-state index >= 15 is 0 Å². The molecule has 0 unspecified atom stereocenters. The van der Waals surface area contributed by atoms with Gasteiger partial charge in [-0.2, -0.15) is 0 Å². The topological polar surface area (TPSA) is 37.3 Å². The fraction of sp³-hybridized carbons (Fsp3) is 0.278. The second kappa shape index (κ2) is 7.21. The quantitative estimate of drug-likeness (QED) is 0.777. The number of carboxylic acids is 1. The van der Waals surface area contributed by atoms with Gasteiger partial charge in [-0.25, -0.2) is 0 Å². The van der Waals surface area contributed by atoms with Gasteiger partial charge in [0.15, 0.2) is 0 Å². The van der Waals surface area contributed by atoms with Crippen LogP contribution in [0.15, 0.2) is 41.3 Å². The number of aryl methyl sites for hydroxylation is 3. The van der Waals surface area contributed by atoms with Gasteiger partial charge in [-0.15, -0.1) is 11.8 Å². The lowest BCUT2D eigenvalue weighted by Crippen LogP contribution is -2.20. The van der Waals surface area contributed by atoms with Gasteiger partial charge in [-0.3, -0.25) is 4.79 Å². The summed E-state index contributed by atoms with van der Waals surface area (Å²) in [7, 11) is 0. The highest BCUT2D eigenvalue weighted by Gasteiger charge is 2.21. The van der Waals surface area contributed by atoms with Crippen LogP contribution in [0.25, 0.3) is 0 Å². The maximum Gasteiger partial charge on any atom is 0.317 e. The molecule has 2 aromatic carbocycles. The van der Waals surface area contributed by atoms with E-state index in [1.54, 1.807) is 12.1 Å². The molecule has 22 heavy (non-hydrogen) atoms. The van der Waals surface area contributed by atoms with Crippen LogP contribution in [0.3, 0.4) is 0 Å². The van der Waals surface area contributed by atoms with Crippen LogP contribution in [-0.2, 0) is 11.2 Å². The molecular formula is C18H19ClO2S. The number of halogens is 1. The molecule has 0 saturated carbocycles. The van der Waals surface area contributed by atoms with Gasteiger partial charge in [0, 0.05) is 9.92 Å². The number of carbonyl (C=O) groups is 1. The highest BCUT2D eigenvalue weighted by atomic mass is 35.5. The van der Waals surface area contributed by atoms with Gasteiger partial charge in [-0.1, -0.05) is 29.3 Å². The van der Waals surface area contributed by atoms with Crippen LogP contribution < -0.4 is 0 Å². The Morgan fingerprint density at radius 2 is 1.68 bits per heavy atom. The smallest absolute Gasteiger partial charge is 0.317 e. The minimum atomic E-state index is -0.792. The van der Waals surface area contributed by atoms with Crippen molar-refractivity contribution < 1.29 is 9.90 Å². The van der Waals surface area contributed by atoms with Crippen molar-refractivity contribution in [3.63, 3.8) is 0 Å². The van der Waals surface area contributed by atoms with Gasteiger partial charge >= 0.3 is 5.97 Å². The highest BCUT2D eigenvalue weighted by Crippen LogP contribution is 2.29. The van der Waals surface area contributed by atoms with E-state index in [9.17, 15) is 9.90 Å². The first-order valence-corrected chi connectivity index (χ1v) is 8.34. The lowest BCUT2D eigenvalue weighted by Gasteiger charge is -2.16. The molecular weight excluding hydrogens is 316 g/mol. The summed E-state index contributed by atoms with van der Waals surface area (Å²) in [6.45, 7) is 6.14. The first-order valence-electron chi connectivity index (χ1n) is 7.08. The molecule has 0 fully saturated rings. The Morgan fingerprint density at radius 1 is 1.14 bits per heavy atom. The zero-order valence-electron chi connectivity index (χ0n) is 12.9. The van der Waals surface area contributed by atoms with Gasteiger partial charge in [-0.05, 0) is 68.1 Å². The van der Waals surface area contributed by atoms with Crippen LogP contribution in [0.2, 0.25) is 5.02 Å². The number of hydrogen-bond donors (Lipinski definition) is 1. The second-order valence-electron chi connectivity index (χ2n) is 5.48. The second-order valence-corrected chi connectivity index (χ2v) is 7.19. The summed E-state index contributed by atoms with van der Waals surface area (Å²) in [4.78, 5) is 12.5. The van der Waals surface area contributed by atoms with E-state index in [0.29, 0.717) is 11.4 Å². The van der Waals surface area contributed by atoms with Crippen LogP contribution in [0.5, 0.6) is 0 Å². The Morgan fingerprint density at radius 3 is 2.18 bits per heavy atom. The predicted octanol–water partition coefficient (Wildman–Crippen LogP) is 5.05. The zero-order chi connectivity index (χ0) is 16.3. The van der Waals surface area contributed by atoms with E-state index in [-0.39, 0.29) is 0 Å². The first-order chi connectivity index (χ1) is 10.4. The van der Waals surface area contributed by atoms with E-state index in [0.717, 1.165) is 21.6 Å². The molecule has 2 aromatic rings. The summed E-state index contributed by atoms with van der Waals surface area (Å²) in [6.07, 6.45) is 0.514. The van der Waals surface area contributed by atoms with Gasteiger partial charge < -0.3 is 5.11 Å². The maximum atomic E-state index is 11.6. The molecule has 0 spiro atoms. The van der Waals surface area contributed by atoms with Crippen molar-refractivity contribution in [2.24, 2.45) is 0 Å². The van der Waals surface area contributed by atoms with Crippen molar-refractivity contribution in [1.82, 2.24) is 0 Å². The molecule has 4 heteroatoms. The van der Waals surface area contributed by atoms with Crippen LogP contribution in [0.4, 0.5) is 0 Å². The van der Waals surface area contributed by atoms with Crippen molar-refractivity contribution in [2.75, 3.05) is 0 Å². The van der Waals surface area contributed by atoms with Crippen molar-refractivity contribution >= 4 is 29.3 Å². The molecule has 2 rings (SSSR count). The average Bonchev–Trinajstić information content (AvgIpc) is 2.43. The molecule has 0 aliphatic rings. The number of rotatable bonds is 5. The first kappa shape index (κ1) is 16.9. The van der Waals surface area contributed by atoms with Gasteiger partial charge in [0.1, 0.15) is 5.25 Å². The Bertz CT molecular complexity index is 657. The fourth-order valence-electron chi connectivity index (χ4n) is 2.57. The summed E-state index contributed by atoms with van der Waals surface area (Å²) in [5, 5.41) is 9.68. The lowest BCUT2D eigenvalue weighted by molar-refractivity contribution is -0.136. The molecule has 0 aliphatic heterocycles. The SMILES string of the molecule is Cc1cc(C)c(C[C@@H](Sc2ccc(Cl)cc2)C(=O)O)c(C)c1. The van der Waals surface area contributed by atoms with Gasteiger partial charge in [0.25, 0.3) is 0 Å². The molecule has 1 N–H and O–H groups in total. The van der Waals surface area contributed by atoms with E-state index in [1.165, 1.54) is 17.3 Å². The summed E-state index contributed by atoms with van der Waals surface area (Å²) < 4.78 is 0. The molecule has 0 aliphatic carbocycles. The van der Waals surface area contributed by atoms with Crippen molar-refractivity contribution in [1.29, 1.82) is 0 Å². The maximum absolute atomic E-state index is 11.6. The Kier molecular flexibility index (Phi) is 5.54. The molecule has 0 saturated heterocycles. The number of thioether (sulfide) groups is 1. The minimum absolute atomic E-state index is 0.513. The van der Waals surface area contributed by atoms with Crippen LogP contribution in [-0.4, -0.2) is 16.3 Å². The number of benzene rings is 2. The highest BCUT2D eigenvalue weighted by molar-refractivity contribution is 8.00. The third-order valence-electron chi connectivity index (χ3n) is 3.60. The third kappa shape index (κ3) is 4.28. The monoisotopic (exact) mass is 334 g/mol. The normalized spacial score (nSPS) is 12.2. The van der Waals surface area contributed by atoms with Gasteiger partial charge in [0.05, 0.1) is 0 Å². The molecule has 0 aromatic heterocycles. The number of hydrogen-bond acceptors (Lipinski definition) is 2. The lowest BCUT2D eigenvalue weighted by atomic mass is 9.96. The summed E-state index contributed by atoms with van der Waals surface area (Å²) in [6, 6.07) is 11.5. The van der Waals surface area contributed by atoms with Crippen molar-refractivity contribution in [2.45, 2.75) is 37.3 Å². The minimum Gasteiger partial charge on any atom is -0.480 e. The van der Waals surface area contributed by atoms with Crippen LogP contribution >= 0.6 is 23.4 Å². The fourth-order valence-corrected chi connectivity index (χ4v) is 3.67. The number of carboxylic acid groups (broad SMARTS) is 1. The molecule has 2 nitrogen and oxygen atoms in total. The molecule has 116 valence electrons. The molecule has 0 amide bonds. The zero-order valence-corrected chi connectivity index (χ0v) is 14.5. The molecule has 1 atom stereocenters. The van der Waals surface area contributed by atoms with E-state index in [1.807, 2.05) is 26.0 Å². The van der Waals surface area contributed by atoms with Crippen LogP contribution in [0, 0.1) is 20.8 Å². The summed E-state index contributed by atoms with van der Waals surface area (Å²) in [5.41, 5.74) is 4.64. The largest absolute Gasteiger partial charge is 0.480 e. The Labute approximate surface area is 140 Å². The number of aliphatic carboxylic acids is 1. The molecule has 0 heterocycles. The summed E-state index contributed by atoms with van der Waals surface area (Å²) >= 11 is 7.24. The van der Waals surface area contributed by atoms with E-state index < -0.39 is 11.2 Å². The third-order valence-corrected chi connectivity index (χ3v) is 5.05. The predicted molar refractivity (Wildman–Crippen MR) is 93.1 cm³/mol. The standard InChI is InChI=1S/C18H19ClO2S/c1-11-8-12(2)16(13(3)9-11)10-17(18(20)21)22-15-6-4-14(19)5-7-15/h4-9,17H,10H2,1-3H3,(H,20,21)/t17-/m1/s1. The van der Waals surface area contributed by atoms with E-state index in [2.05, 4.69) is 19.1 Å². The molecule has 0 bridgehead atoms. The van der Waals surface area contributed by atoms with E-state index in [4.69, 9.17) is 11.6 Å². The summed E-state index contributed by atoms with van der Waals surface area (Å²) in [5.74, 6) is -0.792. The Hall–Kier alpha value is -1.45. The average molecular weight is 335 g/mol. The van der Waals surface area contributed by atoms with Gasteiger partial charge in [0.2, 0.25) is 0 Å². The Balaban J connectivity index is 2.23. The van der Waals surface area contributed by atoms with Crippen molar-refractivity contribution in [3.8, 4) is 0 Å². The molecule has 0 radical (unpaired) electrons. The van der Waals surface area contributed by atoms with Crippen molar-refractivity contribution in [3.05, 3.63) is 63.7 Å². The van der Waals surface area contributed by atoms with Crippen LogP contribution in [0.1, 0.15) is 22.3 Å².